The molecule has 0 heterocycles. The van der Waals surface area contributed by atoms with E-state index in [0.29, 0.717) is 0 Å². The Morgan fingerprint density at radius 1 is 1.00 bits per heavy atom. The summed E-state index contributed by atoms with van der Waals surface area (Å²) in [6.07, 6.45) is -0.132. The predicted molar refractivity (Wildman–Crippen MR) is 77.2 cm³/mol. The van der Waals surface area contributed by atoms with Gasteiger partial charge in [-0.25, -0.2) is 0 Å². The van der Waals surface area contributed by atoms with Gasteiger partial charge in [-0.3, -0.25) is 0 Å². The number of benzene rings is 2. The lowest BCUT2D eigenvalue weighted by atomic mass is 9.98. The molecule has 2 aromatic carbocycles. The molecule has 19 heavy (non-hydrogen) atoms. The van der Waals surface area contributed by atoms with Crippen molar-refractivity contribution in [2.24, 2.45) is 5.92 Å². The van der Waals surface area contributed by atoms with E-state index in [9.17, 15) is 5.11 Å². The van der Waals surface area contributed by atoms with E-state index >= 15 is 0 Å². The lowest BCUT2D eigenvalue weighted by molar-refractivity contribution is 0.0962. The van der Waals surface area contributed by atoms with Crippen molar-refractivity contribution >= 4 is 0 Å². The molecule has 0 aliphatic heterocycles. The largest absolute Gasteiger partial charge is 0.485 e. The second kappa shape index (κ2) is 6.39. The minimum absolute atomic E-state index is 0.0435. The molecular formula is C17H20O2. The van der Waals surface area contributed by atoms with Crippen LogP contribution >= 0.6 is 0 Å². The maximum Gasteiger partial charge on any atom is 0.128 e. The molecule has 2 rings (SSSR count). The number of ether oxygens (including phenoxy) is 1. The van der Waals surface area contributed by atoms with E-state index in [1.807, 2.05) is 68.4 Å². The Kier molecular flexibility index (Phi) is 4.58. The van der Waals surface area contributed by atoms with Crippen LogP contribution in [0.5, 0.6) is 5.75 Å². The van der Waals surface area contributed by atoms with Crippen molar-refractivity contribution in [1.82, 2.24) is 0 Å². The van der Waals surface area contributed by atoms with Gasteiger partial charge in [0.15, 0.2) is 0 Å². The highest BCUT2D eigenvalue weighted by Gasteiger charge is 2.21. The van der Waals surface area contributed by atoms with Crippen molar-refractivity contribution in [2.45, 2.75) is 20.0 Å². The Bertz CT molecular complexity index is 508. The topological polar surface area (TPSA) is 29.5 Å². The third-order valence-corrected chi connectivity index (χ3v) is 3.28. The summed E-state index contributed by atoms with van der Waals surface area (Å²) in [6, 6.07) is 18.0. The number of aryl methyl sites for hydroxylation is 1. The molecule has 1 N–H and O–H groups in total. The van der Waals surface area contributed by atoms with Gasteiger partial charge in [-0.1, -0.05) is 55.5 Å². The first-order valence-corrected chi connectivity index (χ1v) is 6.60. The SMILES string of the molecule is Cc1ccccc1O[C@@H](c1ccccc1)[C@H](C)CO. The molecule has 2 aromatic rings. The minimum Gasteiger partial charge on any atom is -0.485 e. The molecule has 0 fully saturated rings. The van der Waals surface area contributed by atoms with Crippen molar-refractivity contribution in [3.8, 4) is 5.75 Å². The van der Waals surface area contributed by atoms with E-state index < -0.39 is 0 Å². The number of hydrogen-bond acceptors (Lipinski definition) is 2. The number of aliphatic hydroxyl groups is 1. The zero-order chi connectivity index (χ0) is 13.7. The number of aliphatic hydroxyl groups excluding tert-OH is 1. The van der Waals surface area contributed by atoms with Gasteiger partial charge in [0.05, 0.1) is 0 Å². The van der Waals surface area contributed by atoms with Gasteiger partial charge in [0.2, 0.25) is 0 Å². The average Bonchev–Trinajstić information content (AvgIpc) is 2.46. The summed E-state index contributed by atoms with van der Waals surface area (Å²) < 4.78 is 6.12. The van der Waals surface area contributed by atoms with Crippen molar-refractivity contribution in [1.29, 1.82) is 0 Å². The lowest BCUT2D eigenvalue weighted by Gasteiger charge is -2.25. The molecular weight excluding hydrogens is 236 g/mol. The Morgan fingerprint density at radius 3 is 2.26 bits per heavy atom. The van der Waals surface area contributed by atoms with Crippen molar-refractivity contribution in [3.05, 3.63) is 65.7 Å². The van der Waals surface area contributed by atoms with Crippen LogP contribution in [0.15, 0.2) is 54.6 Å². The summed E-state index contributed by atoms with van der Waals surface area (Å²) in [4.78, 5) is 0. The van der Waals surface area contributed by atoms with Gasteiger partial charge in [0, 0.05) is 12.5 Å². The number of para-hydroxylation sites is 1. The van der Waals surface area contributed by atoms with E-state index in [1.54, 1.807) is 0 Å². The average molecular weight is 256 g/mol. The van der Waals surface area contributed by atoms with Gasteiger partial charge in [-0.15, -0.1) is 0 Å². The van der Waals surface area contributed by atoms with E-state index in [2.05, 4.69) is 0 Å². The van der Waals surface area contributed by atoms with Crippen LogP contribution in [0, 0.1) is 12.8 Å². The van der Waals surface area contributed by atoms with E-state index in [1.165, 1.54) is 0 Å². The fourth-order valence-corrected chi connectivity index (χ4v) is 2.08. The minimum atomic E-state index is -0.132. The Labute approximate surface area is 114 Å². The zero-order valence-electron chi connectivity index (χ0n) is 11.4. The van der Waals surface area contributed by atoms with Crippen LogP contribution in [0.4, 0.5) is 0 Å². The van der Waals surface area contributed by atoms with Gasteiger partial charge in [-0.05, 0) is 24.1 Å². The smallest absolute Gasteiger partial charge is 0.128 e. The zero-order valence-corrected chi connectivity index (χ0v) is 11.4. The van der Waals surface area contributed by atoms with Crippen LogP contribution in [0.25, 0.3) is 0 Å². The normalized spacial score (nSPS) is 13.8. The summed E-state index contributed by atoms with van der Waals surface area (Å²) in [5.74, 6) is 0.915. The van der Waals surface area contributed by atoms with Crippen LogP contribution < -0.4 is 4.74 Å². The van der Waals surface area contributed by atoms with E-state index in [0.717, 1.165) is 16.9 Å². The Hall–Kier alpha value is -1.80. The molecule has 0 saturated heterocycles. The van der Waals surface area contributed by atoms with Gasteiger partial charge >= 0.3 is 0 Å². The van der Waals surface area contributed by atoms with Crippen LogP contribution in [0.2, 0.25) is 0 Å². The molecule has 100 valence electrons. The fraction of sp³-hybridized carbons (Fsp3) is 0.294. The fourth-order valence-electron chi connectivity index (χ4n) is 2.08. The van der Waals surface area contributed by atoms with Crippen LogP contribution in [-0.4, -0.2) is 11.7 Å². The third-order valence-electron chi connectivity index (χ3n) is 3.28. The molecule has 0 saturated carbocycles. The second-order valence-electron chi connectivity index (χ2n) is 4.87. The van der Waals surface area contributed by atoms with Gasteiger partial charge in [0.25, 0.3) is 0 Å². The van der Waals surface area contributed by atoms with E-state index in [4.69, 9.17) is 4.74 Å². The highest BCUT2D eigenvalue weighted by atomic mass is 16.5. The molecule has 0 amide bonds. The third kappa shape index (κ3) is 3.36. The molecule has 2 atom stereocenters. The second-order valence-corrected chi connectivity index (χ2v) is 4.87. The number of hydrogen-bond donors (Lipinski definition) is 1. The molecule has 0 bridgehead atoms. The summed E-state index contributed by atoms with van der Waals surface area (Å²) in [5, 5.41) is 9.43. The van der Waals surface area contributed by atoms with Crippen LogP contribution in [-0.2, 0) is 0 Å². The number of rotatable bonds is 5. The molecule has 2 heteroatoms. The van der Waals surface area contributed by atoms with Crippen LogP contribution in [0.1, 0.15) is 24.2 Å². The summed E-state index contributed by atoms with van der Waals surface area (Å²) in [5.41, 5.74) is 2.20. The first kappa shape index (κ1) is 13.6. The highest BCUT2D eigenvalue weighted by molar-refractivity contribution is 5.33. The van der Waals surface area contributed by atoms with Crippen molar-refractivity contribution < 1.29 is 9.84 Å². The van der Waals surface area contributed by atoms with E-state index in [-0.39, 0.29) is 18.6 Å². The highest BCUT2D eigenvalue weighted by Crippen LogP contribution is 2.29. The summed E-state index contributed by atoms with van der Waals surface area (Å²) >= 11 is 0. The van der Waals surface area contributed by atoms with Gasteiger partial charge in [-0.2, -0.15) is 0 Å². The van der Waals surface area contributed by atoms with Gasteiger partial charge < -0.3 is 9.84 Å². The van der Waals surface area contributed by atoms with Gasteiger partial charge in [0.1, 0.15) is 11.9 Å². The molecule has 0 spiro atoms. The maximum absolute atomic E-state index is 9.43. The standard InChI is InChI=1S/C17H20O2/c1-13-8-6-7-11-16(13)19-17(14(2)12-18)15-9-4-3-5-10-15/h3-11,14,17-18H,12H2,1-2H3/t14-,17-/m1/s1. The van der Waals surface area contributed by atoms with Crippen molar-refractivity contribution in [2.75, 3.05) is 6.61 Å². The molecule has 0 aliphatic carbocycles. The molecule has 0 radical (unpaired) electrons. The first-order chi connectivity index (χ1) is 9.22. The summed E-state index contributed by atoms with van der Waals surface area (Å²) in [6.45, 7) is 4.13. The molecule has 2 nitrogen and oxygen atoms in total. The molecule has 0 aromatic heterocycles. The van der Waals surface area contributed by atoms with Crippen molar-refractivity contribution in [3.63, 3.8) is 0 Å². The predicted octanol–water partition coefficient (Wildman–Crippen LogP) is 3.74. The maximum atomic E-state index is 9.43. The van der Waals surface area contributed by atoms with Crippen LogP contribution in [0.3, 0.4) is 0 Å². The Balaban J connectivity index is 2.27. The monoisotopic (exact) mass is 256 g/mol. The molecule has 0 aliphatic rings. The Morgan fingerprint density at radius 2 is 1.63 bits per heavy atom. The lowest BCUT2D eigenvalue weighted by Crippen LogP contribution is -2.19. The molecule has 0 unspecified atom stereocenters. The first-order valence-electron chi connectivity index (χ1n) is 6.60. The summed E-state index contributed by atoms with van der Waals surface area (Å²) in [7, 11) is 0. The quantitative estimate of drug-likeness (QED) is 0.883.